The van der Waals surface area contributed by atoms with Gasteiger partial charge in [-0.05, 0) is 37.3 Å². The Morgan fingerprint density at radius 3 is 2.61 bits per heavy atom. The SMILES string of the molecule is O=C(CCC1CCCC1)Nc1ccc2c(c1)OC1(CCCC1)O2. The van der Waals surface area contributed by atoms with Crippen LogP contribution in [0.5, 0.6) is 11.5 Å². The lowest BCUT2D eigenvalue weighted by molar-refractivity contribution is -0.116. The van der Waals surface area contributed by atoms with E-state index in [2.05, 4.69) is 5.32 Å². The fraction of sp³-hybridized carbons (Fsp3) is 0.632. The Morgan fingerprint density at radius 1 is 1.09 bits per heavy atom. The zero-order chi connectivity index (χ0) is 15.7. The second-order valence-corrected chi connectivity index (χ2v) is 7.22. The maximum atomic E-state index is 12.1. The third kappa shape index (κ3) is 3.17. The lowest BCUT2D eigenvalue weighted by Gasteiger charge is -2.21. The molecule has 2 saturated carbocycles. The van der Waals surface area contributed by atoms with Gasteiger partial charge in [-0.15, -0.1) is 0 Å². The van der Waals surface area contributed by atoms with Crippen molar-refractivity contribution < 1.29 is 14.3 Å². The van der Waals surface area contributed by atoms with E-state index in [1.54, 1.807) is 0 Å². The second-order valence-electron chi connectivity index (χ2n) is 7.22. The van der Waals surface area contributed by atoms with Crippen LogP contribution in [0.1, 0.15) is 64.2 Å². The first-order valence-electron chi connectivity index (χ1n) is 9.04. The molecule has 0 unspecified atom stereocenters. The molecule has 4 rings (SSSR count). The number of benzene rings is 1. The van der Waals surface area contributed by atoms with Gasteiger partial charge < -0.3 is 14.8 Å². The molecule has 23 heavy (non-hydrogen) atoms. The van der Waals surface area contributed by atoms with Crippen LogP contribution in [0, 0.1) is 5.92 Å². The molecule has 1 amide bonds. The fourth-order valence-corrected chi connectivity index (χ4v) is 4.15. The van der Waals surface area contributed by atoms with Crippen LogP contribution < -0.4 is 14.8 Å². The number of rotatable bonds is 4. The van der Waals surface area contributed by atoms with Crippen LogP contribution in [0.3, 0.4) is 0 Å². The second kappa shape index (κ2) is 6.06. The standard InChI is InChI=1S/C19H25NO3/c21-18(10-7-14-5-1-2-6-14)20-15-8-9-16-17(13-15)23-19(22-16)11-3-4-12-19/h8-9,13-14H,1-7,10-12H2,(H,20,21). The minimum Gasteiger partial charge on any atom is -0.448 e. The summed E-state index contributed by atoms with van der Waals surface area (Å²) in [6, 6.07) is 5.72. The van der Waals surface area contributed by atoms with Gasteiger partial charge in [0.25, 0.3) is 5.79 Å². The van der Waals surface area contributed by atoms with E-state index in [1.807, 2.05) is 18.2 Å². The van der Waals surface area contributed by atoms with Gasteiger partial charge in [0.15, 0.2) is 11.5 Å². The number of hydrogen-bond donors (Lipinski definition) is 1. The van der Waals surface area contributed by atoms with E-state index in [9.17, 15) is 4.79 Å². The summed E-state index contributed by atoms with van der Waals surface area (Å²) in [6.45, 7) is 0. The van der Waals surface area contributed by atoms with Crippen LogP contribution in [-0.2, 0) is 4.79 Å². The third-order valence-electron chi connectivity index (χ3n) is 5.44. The largest absolute Gasteiger partial charge is 0.448 e. The van der Waals surface area contributed by atoms with Crippen LogP contribution in [0.25, 0.3) is 0 Å². The van der Waals surface area contributed by atoms with Crippen LogP contribution in [0.15, 0.2) is 18.2 Å². The molecule has 0 bridgehead atoms. The van der Waals surface area contributed by atoms with E-state index in [-0.39, 0.29) is 5.91 Å². The van der Waals surface area contributed by atoms with E-state index >= 15 is 0 Å². The maximum Gasteiger partial charge on any atom is 0.251 e. The number of amides is 1. The Hall–Kier alpha value is -1.71. The highest BCUT2D eigenvalue weighted by atomic mass is 16.7. The molecule has 4 heteroatoms. The number of carbonyl (C=O) groups excluding carboxylic acids is 1. The number of fused-ring (bicyclic) bond motifs is 1. The first-order valence-corrected chi connectivity index (χ1v) is 9.04. The molecule has 4 nitrogen and oxygen atoms in total. The Labute approximate surface area is 137 Å². The van der Waals surface area contributed by atoms with E-state index in [1.165, 1.54) is 25.7 Å². The van der Waals surface area contributed by atoms with Crippen molar-refractivity contribution >= 4 is 11.6 Å². The highest BCUT2D eigenvalue weighted by Crippen LogP contribution is 2.47. The Bertz CT molecular complexity index is 586. The molecule has 2 aliphatic carbocycles. The molecule has 0 saturated heterocycles. The highest BCUT2D eigenvalue weighted by molar-refractivity contribution is 5.91. The third-order valence-corrected chi connectivity index (χ3v) is 5.44. The Kier molecular flexibility index (Phi) is 3.92. The van der Waals surface area contributed by atoms with Gasteiger partial charge in [-0.3, -0.25) is 4.79 Å². The van der Waals surface area contributed by atoms with Crippen molar-refractivity contribution in [3.8, 4) is 11.5 Å². The lowest BCUT2D eigenvalue weighted by Crippen LogP contribution is -2.34. The molecule has 1 N–H and O–H groups in total. The number of ether oxygens (including phenoxy) is 2. The van der Waals surface area contributed by atoms with Crippen molar-refractivity contribution in [2.45, 2.75) is 70.0 Å². The van der Waals surface area contributed by atoms with E-state index < -0.39 is 5.79 Å². The fourth-order valence-electron chi connectivity index (χ4n) is 4.15. The average Bonchev–Trinajstić information content (AvgIpc) is 3.26. The molecule has 0 atom stereocenters. The molecule has 1 spiro atoms. The van der Waals surface area contributed by atoms with Crippen LogP contribution in [0.4, 0.5) is 5.69 Å². The normalized spacial score (nSPS) is 21.9. The molecular weight excluding hydrogens is 290 g/mol. The van der Waals surface area contributed by atoms with Gasteiger partial charge in [0.1, 0.15) is 0 Å². The molecule has 1 heterocycles. The van der Waals surface area contributed by atoms with Crippen molar-refractivity contribution in [1.82, 2.24) is 0 Å². The van der Waals surface area contributed by atoms with Gasteiger partial charge in [0.05, 0.1) is 0 Å². The molecular formula is C19H25NO3. The molecule has 1 aromatic rings. The topological polar surface area (TPSA) is 47.6 Å². The molecule has 2 fully saturated rings. The van der Waals surface area contributed by atoms with Crippen molar-refractivity contribution in [3.63, 3.8) is 0 Å². The first-order chi connectivity index (χ1) is 11.2. The van der Waals surface area contributed by atoms with Gasteiger partial charge in [-0.1, -0.05) is 25.7 Å². The predicted molar refractivity (Wildman–Crippen MR) is 88.7 cm³/mol. The lowest BCUT2D eigenvalue weighted by atomic mass is 10.0. The molecule has 3 aliphatic rings. The van der Waals surface area contributed by atoms with E-state index in [0.717, 1.165) is 55.2 Å². The van der Waals surface area contributed by atoms with Crippen molar-refractivity contribution in [2.24, 2.45) is 5.92 Å². The van der Waals surface area contributed by atoms with E-state index in [0.29, 0.717) is 6.42 Å². The zero-order valence-corrected chi connectivity index (χ0v) is 13.6. The van der Waals surface area contributed by atoms with Crippen molar-refractivity contribution in [2.75, 3.05) is 5.32 Å². The summed E-state index contributed by atoms with van der Waals surface area (Å²) in [5, 5.41) is 3.00. The quantitative estimate of drug-likeness (QED) is 0.880. The minimum atomic E-state index is -0.437. The van der Waals surface area contributed by atoms with Gasteiger partial charge in [0, 0.05) is 31.0 Å². The molecule has 124 valence electrons. The minimum absolute atomic E-state index is 0.103. The highest BCUT2D eigenvalue weighted by Gasteiger charge is 2.44. The van der Waals surface area contributed by atoms with Gasteiger partial charge in [-0.25, -0.2) is 0 Å². The van der Waals surface area contributed by atoms with Crippen molar-refractivity contribution in [3.05, 3.63) is 18.2 Å². The molecule has 0 aromatic heterocycles. The summed E-state index contributed by atoms with van der Waals surface area (Å²) in [6.07, 6.45) is 11.1. The maximum absolute atomic E-state index is 12.1. The summed E-state index contributed by atoms with van der Waals surface area (Å²) >= 11 is 0. The molecule has 0 radical (unpaired) electrons. The zero-order valence-electron chi connectivity index (χ0n) is 13.6. The number of nitrogens with one attached hydrogen (secondary N) is 1. The number of carbonyl (C=O) groups is 1. The Balaban J connectivity index is 1.34. The van der Waals surface area contributed by atoms with Gasteiger partial charge in [0.2, 0.25) is 5.91 Å². The van der Waals surface area contributed by atoms with Crippen LogP contribution in [0.2, 0.25) is 0 Å². The number of hydrogen-bond acceptors (Lipinski definition) is 3. The number of anilines is 1. The summed E-state index contributed by atoms with van der Waals surface area (Å²) in [5.41, 5.74) is 0.804. The smallest absolute Gasteiger partial charge is 0.251 e. The Morgan fingerprint density at radius 2 is 1.83 bits per heavy atom. The van der Waals surface area contributed by atoms with Crippen LogP contribution in [-0.4, -0.2) is 11.7 Å². The van der Waals surface area contributed by atoms with Crippen LogP contribution >= 0.6 is 0 Å². The van der Waals surface area contributed by atoms with Gasteiger partial charge in [-0.2, -0.15) is 0 Å². The molecule has 1 aliphatic heterocycles. The summed E-state index contributed by atoms with van der Waals surface area (Å²) < 4.78 is 12.0. The molecule has 1 aromatic carbocycles. The van der Waals surface area contributed by atoms with E-state index in [4.69, 9.17) is 9.47 Å². The summed E-state index contributed by atoms with van der Waals surface area (Å²) in [7, 11) is 0. The van der Waals surface area contributed by atoms with Gasteiger partial charge >= 0.3 is 0 Å². The summed E-state index contributed by atoms with van der Waals surface area (Å²) in [5.74, 6) is 1.98. The monoisotopic (exact) mass is 315 g/mol. The average molecular weight is 315 g/mol. The predicted octanol–water partition coefficient (Wildman–Crippen LogP) is 4.64. The van der Waals surface area contributed by atoms with Crippen molar-refractivity contribution in [1.29, 1.82) is 0 Å². The summed E-state index contributed by atoms with van der Waals surface area (Å²) in [4.78, 5) is 12.1. The first kappa shape index (κ1) is 14.9.